The maximum atomic E-state index is 12.3. The van der Waals surface area contributed by atoms with Crippen molar-refractivity contribution in [1.29, 1.82) is 5.26 Å². The second-order valence-corrected chi connectivity index (χ2v) is 6.65. The molecular weight excluding hydrogens is 348 g/mol. The van der Waals surface area contributed by atoms with Gasteiger partial charge in [-0.15, -0.1) is 0 Å². The van der Waals surface area contributed by atoms with Gasteiger partial charge in [0.25, 0.3) is 5.91 Å². The molecule has 0 spiro atoms. The Balaban J connectivity index is 1.46. The van der Waals surface area contributed by atoms with Crippen LogP contribution in [0.4, 0.5) is 10.5 Å². The van der Waals surface area contributed by atoms with E-state index in [4.69, 9.17) is 14.7 Å². The number of hydrogen-bond acceptors (Lipinski definition) is 5. The number of anilines is 1. The minimum atomic E-state index is -0.203. The summed E-state index contributed by atoms with van der Waals surface area (Å²) in [6, 6.07) is 8.93. The van der Waals surface area contributed by atoms with Crippen LogP contribution in [0.25, 0.3) is 0 Å². The predicted molar refractivity (Wildman–Crippen MR) is 98.3 cm³/mol. The minimum absolute atomic E-state index is 0.0188. The first-order chi connectivity index (χ1) is 13.2. The van der Waals surface area contributed by atoms with Gasteiger partial charge >= 0.3 is 6.03 Å². The third kappa shape index (κ3) is 5.34. The Bertz CT molecular complexity index is 695. The van der Waals surface area contributed by atoms with E-state index >= 15 is 0 Å². The molecule has 2 aliphatic heterocycles. The van der Waals surface area contributed by atoms with Crippen molar-refractivity contribution in [2.75, 3.05) is 51.3 Å². The molecule has 144 valence electrons. The number of likely N-dealkylation sites (tertiary alicyclic amines) is 1. The Kier molecular flexibility index (Phi) is 6.49. The molecule has 0 saturated carbocycles. The quantitative estimate of drug-likeness (QED) is 0.868. The van der Waals surface area contributed by atoms with Crippen molar-refractivity contribution in [2.45, 2.75) is 12.8 Å². The van der Waals surface area contributed by atoms with E-state index in [9.17, 15) is 9.59 Å². The number of nitriles is 1. The number of urea groups is 1. The van der Waals surface area contributed by atoms with Gasteiger partial charge in [-0.3, -0.25) is 4.79 Å². The van der Waals surface area contributed by atoms with Gasteiger partial charge in [-0.1, -0.05) is 0 Å². The van der Waals surface area contributed by atoms with Crippen LogP contribution in [0.5, 0.6) is 5.75 Å². The molecule has 8 heteroatoms. The fourth-order valence-electron chi connectivity index (χ4n) is 3.15. The van der Waals surface area contributed by atoms with Crippen LogP contribution in [0.1, 0.15) is 12.8 Å². The highest BCUT2D eigenvalue weighted by molar-refractivity contribution is 5.89. The standard InChI is InChI=1S/C19H24N4O4/c20-12-15-2-1-7-23(13-15)19(25)21-16-3-5-17(6-4-16)27-14-18(24)22-8-10-26-11-9-22/h3-6,15H,1-2,7-11,13-14H2,(H,21,25)/t15-/m1/s1. The molecule has 1 aromatic rings. The Morgan fingerprint density at radius 2 is 1.93 bits per heavy atom. The SMILES string of the molecule is N#C[C@H]1CCCN(C(=O)Nc2ccc(OCC(=O)N3CCOCC3)cc2)C1. The zero-order chi connectivity index (χ0) is 19.1. The van der Waals surface area contributed by atoms with Crippen LogP contribution in [-0.2, 0) is 9.53 Å². The van der Waals surface area contributed by atoms with Crippen LogP contribution >= 0.6 is 0 Å². The average Bonchev–Trinajstić information content (AvgIpc) is 2.73. The summed E-state index contributed by atoms with van der Waals surface area (Å²) < 4.78 is 10.8. The zero-order valence-corrected chi connectivity index (χ0v) is 15.2. The van der Waals surface area contributed by atoms with Crippen LogP contribution in [0.2, 0.25) is 0 Å². The van der Waals surface area contributed by atoms with Crippen molar-refractivity contribution in [3.05, 3.63) is 24.3 Å². The molecule has 2 heterocycles. The lowest BCUT2D eigenvalue weighted by Crippen LogP contribution is -2.43. The molecule has 2 aliphatic rings. The third-order valence-corrected chi connectivity index (χ3v) is 4.72. The van der Waals surface area contributed by atoms with Gasteiger partial charge in [0.05, 0.1) is 25.2 Å². The monoisotopic (exact) mass is 372 g/mol. The largest absolute Gasteiger partial charge is 0.484 e. The van der Waals surface area contributed by atoms with Gasteiger partial charge in [0, 0.05) is 31.9 Å². The fraction of sp³-hybridized carbons (Fsp3) is 0.526. The first-order valence-corrected chi connectivity index (χ1v) is 9.19. The molecule has 0 aliphatic carbocycles. The maximum absolute atomic E-state index is 12.3. The van der Waals surface area contributed by atoms with Crippen LogP contribution in [0.15, 0.2) is 24.3 Å². The van der Waals surface area contributed by atoms with E-state index in [2.05, 4.69) is 11.4 Å². The van der Waals surface area contributed by atoms with E-state index in [0.29, 0.717) is 50.8 Å². The van der Waals surface area contributed by atoms with Crippen LogP contribution in [0.3, 0.4) is 0 Å². The average molecular weight is 372 g/mol. The molecule has 3 rings (SSSR count). The minimum Gasteiger partial charge on any atom is -0.484 e. The van der Waals surface area contributed by atoms with Crippen LogP contribution in [-0.4, -0.2) is 67.7 Å². The number of nitrogens with zero attached hydrogens (tertiary/aromatic N) is 3. The van der Waals surface area contributed by atoms with E-state index in [0.717, 1.165) is 12.8 Å². The summed E-state index contributed by atoms with van der Waals surface area (Å²) >= 11 is 0. The van der Waals surface area contributed by atoms with E-state index in [1.807, 2.05) is 0 Å². The number of carbonyl (C=O) groups is 2. The molecule has 2 saturated heterocycles. The topological polar surface area (TPSA) is 94.9 Å². The first kappa shape index (κ1) is 19.0. The number of hydrogen-bond donors (Lipinski definition) is 1. The second-order valence-electron chi connectivity index (χ2n) is 6.65. The van der Waals surface area contributed by atoms with Crippen molar-refractivity contribution in [3.8, 4) is 11.8 Å². The van der Waals surface area contributed by atoms with E-state index in [-0.39, 0.29) is 24.5 Å². The Morgan fingerprint density at radius 1 is 1.19 bits per heavy atom. The number of rotatable bonds is 4. The van der Waals surface area contributed by atoms with E-state index in [1.54, 1.807) is 34.1 Å². The molecule has 0 unspecified atom stereocenters. The highest BCUT2D eigenvalue weighted by Crippen LogP contribution is 2.19. The number of piperidine rings is 1. The Morgan fingerprint density at radius 3 is 2.63 bits per heavy atom. The summed E-state index contributed by atoms with van der Waals surface area (Å²) in [6.45, 7) is 3.42. The molecule has 0 radical (unpaired) electrons. The van der Waals surface area contributed by atoms with Gasteiger partial charge in [0.15, 0.2) is 6.61 Å². The summed E-state index contributed by atoms with van der Waals surface area (Å²) in [5.74, 6) is 0.411. The molecule has 0 aromatic heterocycles. The molecule has 27 heavy (non-hydrogen) atoms. The van der Waals surface area contributed by atoms with Crippen LogP contribution < -0.4 is 10.1 Å². The van der Waals surface area contributed by atoms with E-state index < -0.39 is 0 Å². The number of morpholine rings is 1. The number of nitrogens with one attached hydrogen (secondary N) is 1. The van der Waals surface area contributed by atoms with Gasteiger partial charge in [0.2, 0.25) is 0 Å². The van der Waals surface area contributed by atoms with Crippen molar-refractivity contribution in [2.24, 2.45) is 5.92 Å². The van der Waals surface area contributed by atoms with Crippen molar-refractivity contribution >= 4 is 17.6 Å². The van der Waals surface area contributed by atoms with Gasteiger partial charge in [-0.25, -0.2) is 4.79 Å². The number of benzene rings is 1. The Labute approximate surface area is 158 Å². The highest BCUT2D eigenvalue weighted by Gasteiger charge is 2.23. The molecule has 0 bridgehead atoms. The lowest BCUT2D eigenvalue weighted by atomic mass is 10.0. The molecule has 1 N–H and O–H groups in total. The van der Waals surface area contributed by atoms with Gasteiger partial charge in [0.1, 0.15) is 5.75 Å². The summed E-state index contributed by atoms with van der Waals surface area (Å²) in [4.78, 5) is 27.8. The summed E-state index contributed by atoms with van der Waals surface area (Å²) in [5.41, 5.74) is 0.644. The van der Waals surface area contributed by atoms with Gasteiger partial charge < -0.3 is 24.6 Å². The summed E-state index contributed by atoms with van der Waals surface area (Å²) in [5, 5.41) is 11.9. The van der Waals surface area contributed by atoms with Crippen LogP contribution in [0, 0.1) is 17.2 Å². The number of ether oxygens (including phenoxy) is 2. The normalized spacial score (nSPS) is 19.9. The summed E-state index contributed by atoms with van der Waals surface area (Å²) in [7, 11) is 0. The fourth-order valence-corrected chi connectivity index (χ4v) is 3.15. The first-order valence-electron chi connectivity index (χ1n) is 9.19. The molecule has 8 nitrogen and oxygen atoms in total. The maximum Gasteiger partial charge on any atom is 0.321 e. The molecule has 3 amide bonds. The van der Waals surface area contributed by atoms with Gasteiger partial charge in [-0.05, 0) is 37.1 Å². The highest BCUT2D eigenvalue weighted by atomic mass is 16.5. The van der Waals surface area contributed by atoms with E-state index in [1.165, 1.54) is 0 Å². The van der Waals surface area contributed by atoms with Crippen molar-refractivity contribution < 1.29 is 19.1 Å². The summed E-state index contributed by atoms with van der Waals surface area (Å²) in [6.07, 6.45) is 1.69. The Hall–Kier alpha value is -2.79. The lowest BCUT2D eigenvalue weighted by Gasteiger charge is -2.29. The van der Waals surface area contributed by atoms with Crippen molar-refractivity contribution in [3.63, 3.8) is 0 Å². The van der Waals surface area contributed by atoms with Gasteiger partial charge in [-0.2, -0.15) is 5.26 Å². The lowest BCUT2D eigenvalue weighted by molar-refractivity contribution is -0.137. The molecule has 1 atom stereocenters. The third-order valence-electron chi connectivity index (χ3n) is 4.72. The predicted octanol–water partition coefficient (Wildman–Crippen LogP) is 1.69. The molecule has 2 fully saturated rings. The number of carbonyl (C=O) groups excluding carboxylic acids is 2. The number of amides is 3. The van der Waals surface area contributed by atoms with Crippen molar-refractivity contribution in [1.82, 2.24) is 9.80 Å². The second kappa shape index (κ2) is 9.24. The smallest absolute Gasteiger partial charge is 0.321 e. The molecule has 1 aromatic carbocycles. The zero-order valence-electron chi connectivity index (χ0n) is 15.2. The molecular formula is C19H24N4O4.